The molecule has 110 valence electrons. The lowest BCUT2D eigenvalue weighted by atomic mass is 10.1. The third kappa shape index (κ3) is 3.77. The highest BCUT2D eigenvalue weighted by Crippen LogP contribution is 2.30. The van der Waals surface area contributed by atoms with Gasteiger partial charge in [-0.15, -0.1) is 0 Å². The molecule has 1 N–H and O–H groups in total. The van der Waals surface area contributed by atoms with Gasteiger partial charge < -0.3 is 10.1 Å². The molecular formula is C16H15BrClNO2. The first-order valence-electron chi connectivity index (χ1n) is 6.51. The number of ether oxygens (including phenoxy) is 1. The second kappa shape index (κ2) is 6.96. The Morgan fingerprint density at radius 3 is 2.76 bits per heavy atom. The van der Waals surface area contributed by atoms with E-state index in [1.165, 1.54) is 0 Å². The Hall–Kier alpha value is -1.52. The number of aryl methyl sites for hydroxylation is 1. The van der Waals surface area contributed by atoms with Gasteiger partial charge in [-0.05, 0) is 59.6 Å². The molecule has 0 saturated carbocycles. The van der Waals surface area contributed by atoms with E-state index in [1.807, 2.05) is 26.0 Å². The number of carbonyl (C=O) groups is 1. The summed E-state index contributed by atoms with van der Waals surface area (Å²) >= 11 is 9.53. The first-order chi connectivity index (χ1) is 10.0. The summed E-state index contributed by atoms with van der Waals surface area (Å²) in [6.45, 7) is 4.29. The lowest BCUT2D eigenvalue weighted by molar-refractivity contribution is 0.102. The quantitative estimate of drug-likeness (QED) is 0.819. The van der Waals surface area contributed by atoms with Gasteiger partial charge in [0, 0.05) is 9.50 Å². The molecule has 0 aliphatic heterocycles. The van der Waals surface area contributed by atoms with Gasteiger partial charge in [0.25, 0.3) is 5.91 Å². The Morgan fingerprint density at radius 1 is 1.33 bits per heavy atom. The molecule has 5 heteroatoms. The van der Waals surface area contributed by atoms with Crippen molar-refractivity contribution < 1.29 is 9.53 Å². The number of para-hydroxylation sites is 1. The summed E-state index contributed by atoms with van der Waals surface area (Å²) in [6, 6.07) is 10.7. The van der Waals surface area contributed by atoms with E-state index in [2.05, 4.69) is 21.2 Å². The molecule has 0 aliphatic rings. The Morgan fingerprint density at radius 2 is 2.05 bits per heavy atom. The maximum Gasteiger partial charge on any atom is 0.259 e. The fraction of sp³-hybridized carbons (Fsp3) is 0.188. The van der Waals surface area contributed by atoms with Gasteiger partial charge in [0.05, 0.1) is 17.9 Å². The van der Waals surface area contributed by atoms with Crippen LogP contribution in [0.15, 0.2) is 40.9 Å². The predicted octanol–water partition coefficient (Wildman–Crippen LogP) is 5.06. The fourth-order valence-electron chi connectivity index (χ4n) is 1.87. The van der Waals surface area contributed by atoms with Crippen LogP contribution >= 0.6 is 27.5 Å². The zero-order chi connectivity index (χ0) is 15.4. The van der Waals surface area contributed by atoms with Crippen LogP contribution < -0.4 is 10.1 Å². The molecule has 0 bridgehead atoms. The van der Waals surface area contributed by atoms with Crippen molar-refractivity contribution in [3.63, 3.8) is 0 Å². The van der Waals surface area contributed by atoms with E-state index in [1.54, 1.807) is 24.3 Å². The van der Waals surface area contributed by atoms with Crippen molar-refractivity contribution in [3.8, 4) is 5.75 Å². The molecule has 2 rings (SSSR count). The molecule has 3 nitrogen and oxygen atoms in total. The van der Waals surface area contributed by atoms with Gasteiger partial charge in [0.15, 0.2) is 0 Å². The number of carbonyl (C=O) groups excluding carboxylic acids is 1. The minimum Gasteiger partial charge on any atom is -0.493 e. The zero-order valence-corrected chi connectivity index (χ0v) is 14.1. The summed E-state index contributed by atoms with van der Waals surface area (Å²) in [7, 11) is 0. The Kier molecular flexibility index (Phi) is 5.26. The molecule has 0 aromatic heterocycles. The third-order valence-electron chi connectivity index (χ3n) is 2.93. The lowest BCUT2D eigenvalue weighted by Gasteiger charge is -2.12. The number of anilines is 1. The molecular weight excluding hydrogens is 354 g/mol. The molecule has 21 heavy (non-hydrogen) atoms. The van der Waals surface area contributed by atoms with Crippen LogP contribution in [-0.4, -0.2) is 12.5 Å². The standard InChI is InChI=1S/C16H15BrClNO2/c1-3-21-15-7-5-4-6-11(15)16(20)19-14-9-13(18)10(2)8-12(14)17/h4-9H,3H2,1-2H3,(H,19,20). The van der Waals surface area contributed by atoms with Crippen molar-refractivity contribution in [2.24, 2.45) is 0 Å². The maximum absolute atomic E-state index is 12.4. The van der Waals surface area contributed by atoms with Crippen molar-refractivity contribution >= 4 is 39.1 Å². The molecule has 0 radical (unpaired) electrons. The van der Waals surface area contributed by atoms with E-state index in [-0.39, 0.29) is 5.91 Å². The monoisotopic (exact) mass is 367 g/mol. The highest BCUT2D eigenvalue weighted by atomic mass is 79.9. The summed E-state index contributed by atoms with van der Waals surface area (Å²) in [5, 5.41) is 3.45. The van der Waals surface area contributed by atoms with Crippen LogP contribution in [0.3, 0.4) is 0 Å². The van der Waals surface area contributed by atoms with Crippen LogP contribution in [0.1, 0.15) is 22.8 Å². The second-order valence-electron chi connectivity index (χ2n) is 4.46. The Labute approximate surface area is 137 Å². The van der Waals surface area contributed by atoms with E-state index in [0.29, 0.717) is 28.6 Å². The van der Waals surface area contributed by atoms with Crippen molar-refractivity contribution in [1.82, 2.24) is 0 Å². The van der Waals surface area contributed by atoms with E-state index in [0.717, 1.165) is 10.0 Å². The topological polar surface area (TPSA) is 38.3 Å². The maximum atomic E-state index is 12.4. The highest BCUT2D eigenvalue weighted by molar-refractivity contribution is 9.10. The number of halogens is 2. The van der Waals surface area contributed by atoms with Gasteiger partial charge in [0.1, 0.15) is 5.75 Å². The normalized spacial score (nSPS) is 10.3. The molecule has 0 spiro atoms. The van der Waals surface area contributed by atoms with Crippen LogP contribution in [0.25, 0.3) is 0 Å². The number of nitrogens with one attached hydrogen (secondary N) is 1. The smallest absolute Gasteiger partial charge is 0.259 e. The van der Waals surface area contributed by atoms with Gasteiger partial charge in [-0.25, -0.2) is 0 Å². The number of benzene rings is 2. The minimum absolute atomic E-state index is 0.236. The number of rotatable bonds is 4. The number of hydrogen-bond donors (Lipinski definition) is 1. The molecule has 2 aromatic carbocycles. The molecule has 0 unspecified atom stereocenters. The molecule has 1 amide bonds. The summed E-state index contributed by atoms with van der Waals surface area (Å²) < 4.78 is 6.25. The van der Waals surface area contributed by atoms with Gasteiger partial charge in [-0.3, -0.25) is 4.79 Å². The fourth-order valence-corrected chi connectivity index (χ4v) is 2.59. The summed E-state index contributed by atoms with van der Waals surface area (Å²) in [5.41, 5.74) is 2.06. The minimum atomic E-state index is -0.236. The van der Waals surface area contributed by atoms with Crippen LogP contribution in [0.4, 0.5) is 5.69 Å². The summed E-state index contributed by atoms with van der Waals surface area (Å²) in [5.74, 6) is 0.325. The van der Waals surface area contributed by atoms with E-state index < -0.39 is 0 Å². The molecule has 0 heterocycles. The van der Waals surface area contributed by atoms with Crippen molar-refractivity contribution in [2.45, 2.75) is 13.8 Å². The first-order valence-corrected chi connectivity index (χ1v) is 7.69. The van der Waals surface area contributed by atoms with Crippen molar-refractivity contribution in [2.75, 3.05) is 11.9 Å². The first kappa shape index (κ1) is 15.9. The van der Waals surface area contributed by atoms with Crippen molar-refractivity contribution in [3.05, 3.63) is 57.0 Å². The molecule has 0 saturated heterocycles. The lowest BCUT2D eigenvalue weighted by Crippen LogP contribution is -2.14. The van der Waals surface area contributed by atoms with Gasteiger partial charge in [0.2, 0.25) is 0 Å². The van der Waals surface area contributed by atoms with Crippen LogP contribution in [0.5, 0.6) is 5.75 Å². The van der Waals surface area contributed by atoms with E-state index in [9.17, 15) is 4.79 Å². The average molecular weight is 369 g/mol. The number of hydrogen-bond acceptors (Lipinski definition) is 2. The van der Waals surface area contributed by atoms with E-state index >= 15 is 0 Å². The SMILES string of the molecule is CCOc1ccccc1C(=O)Nc1cc(Cl)c(C)cc1Br. The molecule has 2 aromatic rings. The average Bonchev–Trinajstić information content (AvgIpc) is 2.45. The molecule has 0 fully saturated rings. The van der Waals surface area contributed by atoms with E-state index in [4.69, 9.17) is 16.3 Å². The van der Waals surface area contributed by atoms with Gasteiger partial charge in [-0.2, -0.15) is 0 Å². The number of amides is 1. The highest BCUT2D eigenvalue weighted by Gasteiger charge is 2.14. The Bertz CT molecular complexity index is 673. The molecule has 0 atom stereocenters. The van der Waals surface area contributed by atoms with Crippen LogP contribution in [0.2, 0.25) is 5.02 Å². The van der Waals surface area contributed by atoms with Crippen molar-refractivity contribution in [1.29, 1.82) is 0 Å². The van der Waals surface area contributed by atoms with Gasteiger partial charge in [-0.1, -0.05) is 23.7 Å². The summed E-state index contributed by atoms with van der Waals surface area (Å²) in [6.07, 6.45) is 0. The zero-order valence-electron chi connectivity index (χ0n) is 11.7. The predicted molar refractivity (Wildman–Crippen MR) is 89.5 cm³/mol. The largest absolute Gasteiger partial charge is 0.493 e. The third-order valence-corrected chi connectivity index (χ3v) is 3.99. The Balaban J connectivity index is 2.28. The van der Waals surface area contributed by atoms with Crippen LogP contribution in [-0.2, 0) is 0 Å². The second-order valence-corrected chi connectivity index (χ2v) is 5.73. The van der Waals surface area contributed by atoms with Gasteiger partial charge >= 0.3 is 0 Å². The van der Waals surface area contributed by atoms with Crippen LogP contribution in [0, 0.1) is 6.92 Å². The summed E-state index contributed by atoms with van der Waals surface area (Å²) in [4.78, 5) is 12.4. The molecule has 0 aliphatic carbocycles.